The Hall–Kier alpha value is -2.04. The van der Waals surface area contributed by atoms with Crippen LogP contribution in [0.15, 0.2) is 24.3 Å². The highest BCUT2D eigenvalue weighted by atomic mass is 16.2. The van der Waals surface area contributed by atoms with Gasteiger partial charge in [-0.25, -0.2) is 4.79 Å². The van der Waals surface area contributed by atoms with Crippen LogP contribution in [0.5, 0.6) is 0 Å². The van der Waals surface area contributed by atoms with Crippen LogP contribution in [-0.4, -0.2) is 18.5 Å². The molecule has 0 aliphatic heterocycles. The first-order valence-electron chi connectivity index (χ1n) is 7.94. The molecule has 0 radical (unpaired) electrons. The van der Waals surface area contributed by atoms with E-state index in [1.165, 1.54) is 19.8 Å². The molecule has 1 atom stereocenters. The van der Waals surface area contributed by atoms with Crippen LogP contribution >= 0.6 is 0 Å². The lowest BCUT2D eigenvalue weighted by molar-refractivity contribution is -0.114. The van der Waals surface area contributed by atoms with Gasteiger partial charge in [0.05, 0.1) is 6.04 Å². The predicted octanol–water partition coefficient (Wildman–Crippen LogP) is 3.59. The number of carbonyl (C=O) groups excluding carboxylic acids is 2. The molecule has 0 aliphatic rings. The molecule has 3 N–H and O–H groups in total. The van der Waals surface area contributed by atoms with Crippen molar-refractivity contribution < 1.29 is 9.59 Å². The first-order valence-corrected chi connectivity index (χ1v) is 7.94. The van der Waals surface area contributed by atoms with Gasteiger partial charge in [-0.05, 0) is 31.0 Å². The van der Waals surface area contributed by atoms with Crippen molar-refractivity contribution in [3.8, 4) is 0 Å². The maximum atomic E-state index is 11.8. The van der Waals surface area contributed by atoms with Crippen molar-refractivity contribution in [3.63, 3.8) is 0 Å². The number of rotatable bonds is 8. The zero-order chi connectivity index (χ0) is 16.4. The van der Waals surface area contributed by atoms with E-state index in [4.69, 9.17) is 0 Å². The Morgan fingerprint density at radius 1 is 1.18 bits per heavy atom. The number of benzene rings is 1. The average Bonchev–Trinajstić information content (AvgIpc) is 2.46. The second kappa shape index (κ2) is 9.82. The molecule has 0 fully saturated rings. The van der Waals surface area contributed by atoms with Gasteiger partial charge in [-0.1, -0.05) is 38.3 Å². The Balaban J connectivity index is 2.42. The second-order valence-corrected chi connectivity index (χ2v) is 5.49. The maximum absolute atomic E-state index is 11.8. The van der Waals surface area contributed by atoms with Crippen molar-refractivity contribution in [2.45, 2.75) is 52.5 Å². The summed E-state index contributed by atoms with van der Waals surface area (Å²) in [5, 5.41) is 8.51. The summed E-state index contributed by atoms with van der Waals surface area (Å²) < 4.78 is 0. The van der Waals surface area contributed by atoms with E-state index < -0.39 is 0 Å². The number of hydrogen-bond acceptors (Lipinski definition) is 2. The van der Waals surface area contributed by atoms with Crippen LogP contribution in [0, 0.1) is 0 Å². The molecule has 1 aromatic carbocycles. The van der Waals surface area contributed by atoms with Gasteiger partial charge >= 0.3 is 6.03 Å². The third-order valence-electron chi connectivity index (χ3n) is 3.37. The molecule has 0 spiro atoms. The van der Waals surface area contributed by atoms with Crippen LogP contribution in [0.2, 0.25) is 0 Å². The molecule has 5 heteroatoms. The van der Waals surface area contributed by atoms with Gasteiger partial charge in [-0.15, -0.1) is 0 Å². The fraction of sp³-hybridized carbons (Fsp3) is 0.529. The Kier molecular flexibility index (Phi) is 8.04. The fourth-order valence-corrected chi connectivity index (χ4v) is 2.17. The van der Waals surface area contributed by atoms with Gasteiger partial charge in [-0.2, -0.15) is 0 Å². The molecular formula is C17H27N3O2. The number of hydrogen-bond donors (Lipinski definition) is 3. The van der Waals surface area contributed by atoms with Crippen molar-refractivity contribution in [3.05, 3.63) is 29.8 Å². The molecule has 0 aliphatic carbocycles. The average molecular weight is 305 g/mol. The quantitative estimate of drug-likeness (QED) is 0.642. The molecule has 0 aromatic heterocycles. The Morgan fingerprint density at radius 2 is 1.95 bits per heavy atom. The van der Waals surface area contributed by atoms with Crippen LogP contribution < -0.4 is 16.0 Å². The summed E-state index contributed by atoms with van der Waals surface area (Å²) in [4.78, 5) is 22.9. The Morgan fingerprint density at radius 3 is 2.64 bits per heavy atom. The normalized spacial score (nSPS) is 11.6. The highest BCUT2D eigenvalue weighted by Gasteiger charge is 2.09. The third kappa shape index (κ3) is 7.11. The van der Waals surface area contributed by atoms with Crippen LogP contribution in [-0.2, 0) is 4.79 Å². The highest BCUT2D eigenvalue weighted by molar-refractivity contribution is 5.88. The highest BCUT2D eigenvalue weighted by Crippen LogP contribution is 2.17. The summed E-state index contributed by atoms with van der Waals surface area (Å²) in [7, 11) is 0. The van der Waals surface area contributed by atoms with E-state index in [9.17, 15) is 9.59 Å². The maximum Gasteiger partial charge on any atom is 0.315 e. The molecule has 122 valence electrons. The number of nitrogens with one attached hydrogen (secondary N) is 3. The zero-order valence-corrected chi connectivity index (χ0v) is 13.7. The Labute approximate surface area is 132 Å². The lowest BCUT2D eigenvalue weighted by Crippen LogP contribution is -2.37. The smallest absolute Gasteiger partial charge is 0.315 e. The first-order chi connectivity index (χ1) is 10.5. The summed E-state index contributed by atoms with van der Waals surface area (Å²) in [6.45, 7) is 6.26. The van der Waals surface area contributed by atoms with E-state index in [-0.39, 0.29) is 18.0 Å². The molecule has 0 heterocycles. The fourth-order valence-electron chi connectivity index (χ4n) is 2.17. The number of amides is 3. The standard InChI is InChI=1S/C17H27N3O2/c1-4-5-6-7-11-18-17(22)19-13(2)15-9-8-10-16(12-15)20-14(3)21/h8-10,12-13H,4-7,11H2,1-3H3,(H,20,21)(H2,18,19,22)/t13-/m0/s1. The number of urea groups is 1. The van der Waals surface area contributed by atoms with Gasteiger partial charge in [0.1, 0.15) is 0 Å². The summed E-state index contributed by atoms with van der Waals surface area (Å²) in [5.74, 6) is -0.109. The number of anilines is 1. The molecule has 0 saturated heterocycles. The lowest BCUT2D eigenvalue weighted by Gasteiger charge is -2.16. The van der Waals surface area contributed by atoms with Gasteiger partial charge in [-0.3, -0.25) is 4.79 Å². The third-order valence-corrected chi connectivity index (χ3v) is 3.37. The molecule has 1 rings (SSSR count). The molecule has 1 aromatic rings. The SMILES string of the molecule is CCCCCCNC(=O)N[C@@H](C)c1cccc(NC(C)=O)c1. The first kappa shape index (κ1) is 18.0. The molecule has 5 nitrogen and oxygen atoms in total. The largest absolute Gasteiger partial charge is 0.338 e. The summed E-state index contributed by atoms with van der Waals surface area (Å²) >= 11 is 0. The van der Waals surface area contributed by atoms with Crippen LogP contribution in [0.4, 0.5) is 10.5 Å². The predicted molar refractivity (Wildman–Crippen MR) is 89.8 cm³/mol. The van der Waals surface area contributed by atoms with E-state index >= 15 is 0 Å². The van der Waals surface area contributed by atoms with Crippen LogP contribution in [0.25, 0.3) is 0 Å². The van der Waals surface area contributed by atoms with Gasteiger partial charge < -0.3 is 16.0 Å². The molecular weight excluding hydrogens is 278 g/mol. The molecule has 0 bridgehead atoms. The van der Waals surface area contributed by atoms with Crippen molar-refractivity contribution >= 4 is 17.6 Å². The summed E-state index contributed by atoms with van der Waals surface area (Å²) in [6.07, 6.45) is 4.54. The van der Waals surface area contributed by atoms with Crippen molar-refractivity contribution in [2.24, 2.45) is 0 Å². The Bertz CT molecular complexity index is 489. The number of carbonyl (C=O) groups is 2. The van der Waals surface area contributed by atoms with Gasteiger partial charge in [0.15, 0.2) is 0 Å². The van der Waals surface area contributed by atoms with E-state index in [2.05, 4.69) is 22.9 Å². The van der Waals surface area contributed by atoms with E-state index in [1.54, 1.807) is 0 Å². The number of unbranched alkanes of at least 4 members (excludes halogenated alkanes) is 3. The van der Waals surface area contributed by atoms with Crippen molar-refractivity contribution in [1.82, 2.24) is 10.6 Å². The van der Waals surface area contributed by atoms with E-state index in [1.807, 2.05) is 31.2 Å². The minimum Gasteiger partial charge on any atom is -0.338 e. The zero-order valence-electron chi connectivity index (χ0n) is 13.7. The molecule has 22 heavy (non-hydrogen) atoms. The minimum atomic E-state index is -0.158. The monoisotopic (exact) mass is 305 g/mol. The lowest BCUT2D eigenvalue weighted by atomic mass is 10.1. The van der Waals surface area contributed by atoms with Gasteiger partial charge in [0.25, 0.3) is 0 Å². The van der Waals surface area contributed by atoms with Crippen LogP contribution in [0.3, 0.4) is 0 Å². The van der Waals surface area contributed by atoms with E-state index in [0.29, 0.717) is 6.54 Å². The summed E-state index contributed by atoms with van der Waals surface area (Å²) in [5.41, 5.74) is 1.69. The molecule has 3 amide bonds. The topological polar surface area (TPSA) is 70.2 Å². The molecule has 0 unspecified atom stereocenters. The minimum absolute atomic E-state index is 0.109. The van der Waals surface area contributed by atoms with E-state index in [0.717, 1.165) is 24.1 Å². The molecule has 0 saturated carbocycles. The van der Waals surface area contributed by atoms with Crippen LogP contribution in [0.1, 0.15) is 58.1 Å². The van der Waals surface area contributed by atoms with Crippen molar-refractivity contribution in [1.29, 1.82) is 0 Å². The summed E-state index contributed by atoms with van der Waals surface area (Å²) in [6, 6.07) is 7.20. The van der Waals surface area contributed by atoms with Gasteiger partial charge in [0.2, 0.25) is 5.91 Å². The van der Waals surface area contributed by atoms with Gasteiger partial charge in [0, 0.05) is 19.2 Å². The second-order valence-electron chi connectivity index (χ2n) is 5.49. The van der Waals surface area contributed by atoms with Crippen molar-refractivity contribution in [2.75, 3.05) is 11.9 Å².